The van der Waals surface area contributed by atoms with E-state index in [4.69, 9.17) is 0 Å². The molecule has 0 aliphatic carbocycles. The van der Waals surface area contributed by atoms with E-state index >= 15 is 0 Å². The van der Waals surface area contributed by atoms with Gasteiger partial charge in [-0.3, -0.25) is 0 Å². The van der Waals surface area contributed by atoms with Gasteiger partial charge in [0, 0.05) is 13.1 Å². The van der Waals surface area contributed by atoms with Gasteiger partial charge in [-0.1, -0.05) is 0 Å². The molecule has 12 heavy (non-hydrogen) atoms. The van der Waals surface area contributed by atoms with Gasteiger partial charge >= 0.3 is 6.30 Å². The first-order valence-electron chi connectivity index (χ1n) is 3.33. The number of rotatable bonds is 0. The quantitative estimate of drug-likeness (QED) is 0.424. The maximum atomic E-state index is 12.0. The Labute approximate surface area is 66.8 Å². The van der Waals surface area contributed by atoms with Gasteiger partial charge in [0.15, 0.2) is 0 Å². The molecule has 0 radical (unpaired) electrons. The van der Waals surface area contributed by atoms with Crippen molar-refractivity contribution in [1.29, 1.82) is 0 Å². The molecule has 0 aromatic carbocycles. The first-order valence-corrected chi connectivity index (χ1v) is 3.33. The number of hydrogen-bond donors (Lipinski definition) is 1. The lowest BCUT2D eigenvalue weighted by atomic mass is 10.3. The normalized spacial score (nSPS) is 20.1. The minimum absolute atomic E-state index is 0.0430. The molecule has 0 aromatic heterocycles. The van der Waals surface area contributed by atoms with E-state index in [2.05, 4.69) is 5.32 Å². The zero-order valence-electron chi connectivity index (χ0n) is 6.11. The molecule has 1 N–H and O–H groups in total. The Bertz CT molecular complexity index is 219. The summed E-state index contributed by atoms with van der Waals surface area (Å²) in [5, 5.41) is 2.52. The van der Waals surface area contributed by atoms with Crippen LogP contribution in [0.15, 0.2) is 5.70 Å². The monoisotopic (exact) mass is 180 g/mol. The van der Waals surface area contributed by atoms with E-state index in [9.17, 15) is 18.0 Å². The van der Waals surface area contributed by atoms with Crippen LogP contribution in [0.25, 0.3) is 0 Å². The van der Waals surface area contributed by atoms with Gasteiger partial charge in [-0.2, -0.15) is 13.2 Å². The predicted octanol–water partition coefficient (Wildman–Crippen LogP) is 0.127. The summed E-state index contributed by atoms with van der Waals surface area (Å²) in [6.07, 6.45) is -4.36. The predicted molar refractivity (Wildman–Crippen MR) is 34.8 cm³/mol. The first-order chi connectivity index (χ1) is 5.54. The number of nitrogens with zero attached hydrogens (tertiary/aromatic N) is 1. The standard InChI is InChI=1S/C6H7F3N2O/c7-6(8,9)11-2-1-10-5(3-11)4-12/h10H,1-3H2. The summed E-state index contributed by atoms with van der Waals surface area (Å²) in [4.78, 5) is 10.3. The average Bonchev–Trinajstić information content (AvgIpc) is 2.03. The SMILES string of the molecule is O=C=C1CN(C(F)(F)F)CCN1. The van der Waals surface area contributed by atoms with Gasteiger partial charge in [0.2, 0.25) is 0 Å². The maximum Gasteiger partial charge on any atom is 0.460 e. The van der Waals surface area contributed by atoms with Gasteiger partial charge < -0.3 is 5.32 Å². The van der Waals surface area contributed by atoms with Gasteiger partial charge in [0.1, 0.15) is 11.6 Å². The molecule has 6 heteroatoms. The number of piperazine rings is 1. The van der Waals surface area contributed by atoms with Crippen LogP contribution in [0.1, 0.15) is 0 Å². The molecule has 68 valence electrons. The maximum absolute atomic E-state index is 12.0. The largest absolute Gasteiger partial charge is 0.460 e. The highest BCUT2D eigenvalue weighted by molar-refractivity contribution is 5.52. The van der Waals surface area contributed by atoms with Crippen LogP contribution in [-0.4, -0.2) is 36.8 Å². The third-order valence-corrected chi connectivity index (χ3v) is 1.55. The van der Waals surface area contributed by atoms with Gasteiger partial charge in [-0.05, 0) is 0 Å². The van der Waals surface area contributed by atoms with Crippen LogP contribution in [0.4, 0.5) is 13.2 Å². The summed E-state index contributed by atoms with van der Waals surface area (Å²) in [6.45, 7) is -0.425. The number of halogens is 3. The number of alkyl halides is 3. The average molecular weight is 180 g/mol. The molecule has 0 unspecified atom stereocenters. The lowest BCUT2D eigenvalue weighted by Gasteiger charge is -2.29. The minimum Gasteiger partial charge on any atom is -0.377 e. The Morgan fingerprint density at radius 1 is 1.50 bits per heavy atom. The summed E-state index contributed by atoms with van der Waals surface area (Å²) in [5.41, 5.74) is -0.0430. The molecule has 1 saturated heterocycles. The molecule has 1 aliphatic rings. The van der Waals surface area contributed by atoms with Crippen molar-refractivity contribution >= 4 is 5.94 Å². The minimum atomic E-state index is -4.36. The van der Waals surface area contributed by atoms with Gasteiger partial charge in [-0.15, -0.1) is 0 Å². The second-order valence-electron chi connectivity index (χ2n) is 2.40. The van der Waals surface area contributed by atoms with Crippen molar-refractivity contribution in [2.24, 2.45) is 0 Å². The third-order valence-electron chi connectivity index (χ3n) is 1.55. The molecule has 1 aliphatic heterocycles. The Hall–Kier alpha value is -1.00. The Kier molecular flexibility index (Phi) is 2.40. The highest BCUT2D eigenvalue weighted by Gasteiger charge is 2.38. The van der Waals surface area contributed by atoms with Crippen LogP contribution in [0.3, 0.4) is 0 Å². The van der Waals surface area contributed by atoms with Crippen molar-refractivity contribution in [3.8, 4) is 0 Å². The molecule has 0 aromatic rings. The molecule has 0 atom stereocenters. The second kappa shape index (κ2) is 3.16. The smallest absolute Gasteiger partial charge is 0.377 e. The Morgan fingerprint density at radius 3 is 2.67 bits per heavy atom. The van der Waals surface area contributed by atoms with Gasteiger partial charge in [0.25, 0.3) is 0 Å². The molecular formula is C6H7F3N2O. The fraction of sp³-hybridized carbons (Fsp3) is 0.667. The highest BCUT2D eigenvalue weighted by atomic mass is 19.4. The summed E-state index contributed by atoms with van der Waals surface area (Å²) >= 11 is 0. The van der Waals surface area contributed by atoms with Crippen LogP contribution in [-0.2, 0) is 4.79 Å². The van der Waals surface area contributed by atoms with Crippen molar-refractivity contribution in [3.63, 3.8) is 0 Å². The topological polar surface area (TPSA) is 32.3 Å². The summed E-state index contributed by atoms with van der Waals surface area (Å²) < 4.78 is 36.0. The van der Waals surface area contributed by atoms with Crippen LogP contribution in [0.2, 0.25) is 0 Å². The molecule has 1 heterocycles. The number of hydrogen-bond acceptors (Lipinski definition) is 3. The van der Waals surface area contributed by atoms with E-state index in [-0.39, 0.29) is 23.7 Å². The van der Waals surface area contributed by atoms with E-state index in [0.717, 1.165) is 0 Å². The summed E-state index contributed by atoms with van der Waals surface area (Å²) in [7, 11) is 0. The zero-order valence-corrected chi connectivity index (χ0v) is 6.11. The number of nitrogens with one attached hydrogen (secondary N) is 1. The Balaban J connectivity index is 2.64. The molecule has 0 amide bonds. The molecule has 1 rings (SSSR count). The van der Waals surface area contributed by atoms with Crippen LogP contribution >= 0.6 is 0 Å². The van der Waals surface area contributed by atoms with E-state index in [0.29, 0.717) is 0 Å². The van der Waals surface area contributed by atoms with Crippen molar-refractivity contribution < 1.29 is 18.0 Å². The summed E-state index contributed by atoms with van der Waals surface area (Å²) in [6, 6.07) is 0. The summed E-state index contributed by atoms with van der Waals surface area (Å²) in [5.74, 6) is 1.42. The van der Waals surface area contributed by atoms with E-state index in [1.165, 1.54) is 5.94 Å². The lowest BCUT2D eigenvalue weighted by Crippen LogP contribution is -2.49. The van der Waals surface area contributed by atoms with Crippen LogP contribution < -0.4 is 5.32 Å². The Morgan fingerprint density at radius 2 is 2.17 bits per heavy atom. The van der Waals surface area contributed by atoms with Crippen LogP contribution in [0, 0.1) is 0 Å². The number of carbonyl (C=O) groups excluding carboxylic acids is 1. The van der Waals surface area contributed by atoms with E-state index < -0.39 is 12.8 Å². The molecule has 0 spiro atoms. The molecule has 3 nitrogen and oxygen atoms in total. The van der Waals surface area contributed by atoms with Crippen molar-refractivity contribution in [2.45, 2.75) is 6.30 Å². The van der Waals surface area contributed by atoms with Crippen molar-refractivity contribution in [2.75, 3.05) is 19.6 Å². The third kappa shape index (κ3) is 1.99. The molecule has 0 bridgehead atoms. The van der Waals surface area contributed by atoms with Gasteiger partial charge in [-0.25, -0.2) is 9.69 Å². The zero-order chi connectivity index (χ0) is 9.19. The molecule has 0 saturated carbocycles. The van der Waals surface area contributed by atoms with Crippen molar-refractivity contribution in [3.05, 3.63) is 5.70 Å². The molecule has 1 fully saturated rings. The van der Waals surface area contributed by atoms with Gasteiger partial charge in [0.05, 0.1) is 6.54 Å². The first kappa shape index (κ1) is 9.09. The fourth-order valence-electron chi connectivity index (χ4n) is 0.952. The lowest BCUT2D eigenvalue weighted by molar-refractivity contribution is -0.244. The highest BCUT2D eigenvalue weighted by Crippen LogP contribution is 2.22. The molecular weight excluding hydrogens is 173 g/mol. The van der Waals surface area contributed by atoms with Crippen molar-refractivity contribution in [1.82, 2.24) is 10.2 Å². The second-order valence-corrected chi connectivity index (χ2v) is 2.40. The van der Waals surface area contributed by atoms with E-state index in [1.807, 2.05) is 0 Å². The van der Waals surface area contributed by atoms with Crippen LogP contribution in [0.5, 0.6) is 0 Å². The fourth-order valence-corrected chi connectivity index (χ4v) is 0.952. The van der Waals surface area contributed by atoms with E-state index in [1.54, 1.807) is 0 Å².